The quantitative estimate of drug-likeness (QED) is 0.402. The molecule has 0 aliphatic heterocycles. The van der Waals surface area contributed by atoms with Gasteiger partial charge in [0.15, 0.2) is 6.61 Å². The molecule has 0 radical (unpaired) electrons. The lowest BCUT2D eigenvalue weighted by Gasteiger charge is -2.23. The van der Waals surface area contributed by atoms with Crippen LogP contribution in [0.15, 0.2) is 30.3 Å². The van der Waals surface area contributed by atoms with Crippen molar-refractivity contribution < 1.29 is 41.3 Å². The highest BCUT2D eigenvalue weighted by atomic mass is 31.2. The van der Waals surface area contributed by atoms with Gasteiger partial charge in [0, 0.05) is 6.54 Å². The number of halogens is 3. The van der Waals surface area contributed by atoms with Crippen molar-refractivity contribution in [1.29, 1.82) is 0 Å². The highest BCUT2D eigenvalue weighted by Gasteiger charge is 2.35. The third kappa shape index (κ3) is 10.9. The maximum atomic E-state index is 12.7. The van der Waals surface area contributed by atoms with Crippen molar-refractivity contribution >= 4 is 19.6 Å². The largest absolute Gasteiger partial charge is 0.465 e. The molecular weight excluding hydrogens is 416 g/mol. The van der Waals surface area contributed by atoms with E-state index in [1.165, 1.54) is 6.92 Å². The van der Waals surface area contributed by atoms with Crippen molar-refractivity contribution in [2.24, 2.45) is 0 Å². The van der Waals surface area contributed by atoms with Crippen LogP contribution in [0.25, 0.3) is 0 Å². The summed E-state index contributed by atoms with van der Waals surface area (Å²) in [6.07, 6.45) is -6.05. The van der Waals surface area contributed by atoms with Crippen LogP contribution in [0.2, 0.25) is 0 Å². The van der Waals surface area contributed by atoms with Gasteiger partial charge in [0.05, 0.1) is 12.8 Å². The van der Waals surface area contributed by atoms with Gasteiger partial charge in [0.25, 0.3) is 7.52 Å². The third-order valence-electron chi connectivity index (χ3n) is 3.36. The molecule has 8 nitrogen and oxygen atoms in total. The minimum absolute atomic E-state index is 0.00689. The van der Waals surface area contributed by atoms with E-state index in [-0.39, 0.29) is 19.8 Å². The molecule has 0 aromatic heterocycles. The summed E-state index contributed by atoms with van der Waals surface area (Å²) in [5.41, 5.74) is 0.742. The van der Waals surface area contributed by atoms with Crippen molar-refractivity contribution in [3.8, 4) is 0 Å². The van der Waals surface area contributed by atoms with Crippen LogP contribution in [-0.2, 0) is 30.0 Å². The lowest BCUT2D eigenvalue weighted by molar-refractivity contribution is -0.153. The van der Waals surface area contributed by atoms with Crippen LogP contribution in [0, 0.1) is 0 Å². The number of nitrogens with one attached hydrogen (secondary N) is 2. The van der Waals surface area contributed by atoms with Gasteiger partial charge in [0.2, 0.25) is 0 Å². The topological polar surface area (TPSA) is 103 Å². The molecule has 12 heteroatoms. The highest BCUT2D eigenvalue weighted by molar-refractivity contribution is 7.56. The van der Waals surface area contributed by atoms with Crippen molar-refractivity contribution in [3.05, 3.63) is 35.9 Å². The fraction of sp³-hybridized carbons (Fsp3) is 0.529. The van der Waals surface area contributed by atoms with E-state index >= 15 is 0 Å². The first kappa shape index (κ1) is 24.9. The summed E-state index contributed by atoms with van der Waals surface area (Å²) < 4.78 is 64.3. The molecule has 0 spiro atoms. The fourth-order valence-corrected chi connectivity index (χ4v) is 3.83. The molecule has 1 aromatic rings. The van der Waals surface area contributed by atoms with Crippen LogP contribution in [0.4, 0.5) is 18.0 Å². The number of alkyl carbamates (subject to hydrolysis) is 1. The molecule has 0 saturated carbocycles. The average Bonchev–Trinajstić information content (AvgIpc) is 2.65. The van der Waals surface area contributed by atoms with E-state index in [0.29, 0.717) is 0 Å². The summed E-state index contributed by atoms with van der Waals surface area (Å²) in [5, 5.41) is 4.53. The first-order valence-electron chi connectivity index (χ1n) is 8.74. The summed E-state index contributed by atoms with van der Waals surface area (Å²) in [7, 11) is -4.12. The number of alkyl halides is 3. The molecular formula is C17H24F3N2O6P. The van der Waals surface area contributed by atoms with Crippen molar-refractivity contribution in [2.75, 3.05) is 25.9 Å². The first-order valence-corrected chi connectivity index (χ1v) is 10.5. The number of hydrogen-bond acceptors (Lipinski definition) is 6. The third-order valence-corrected chi connectivity index (χ3v) is 5.49. The maximum Gasteiger partial charge on any atom is 0.412 e. The van der Waals surface area contributed by atoms with Crippen LogP contribution < -0.4 is 10.4 Å². The predicted molar refractivity (Wildman–Crippen MR) is 98.3 cm³/mol. The molecule has 0 aliphatic carbocycles. The van der Waals surface area contributed by atoms with Gasteiger partial charge >= 0.3 is 18.2 Å². The molecule has 0 fully saturated rings. The molecule has 1 unspecified atom stereocenters. The Morgan fingerprint density at radius 3 is 2.41 bits per heavy atom. The average molecular weight is 440 g/mol. The second-order valence-corrected chi connectivity index (χ2v) is 8.19. The van der Waals surface area contributed by atoms with Gasteiger partial charge in [-0.3, -0.25) is 9.36 Å². The Labute approximate surface area is 166 Å². The number of esters is 1. The molecule has 0 saturated heterocycles. The number of carbonyl (C=O) groups excluding carboxylic acids is 2. The smallest absolute Gasteiger partial charge is 0.412 e. The zero-order chi connectivity index (χ0) is 21.9. The van der Waals surface area contributed by atoms with Crippen LogP contribution in [-0.4, -0.2) is 50.2 Å². The van der Waals surface area contributed by atoms with E-state index < -0.39 is 44.6 Å². The Morgan fingerprint density at radius 1 is 1.17 bits per heavy atom. The Bertz CT molecular complexity index is 702. The normalized spacial score (nSPS) is 14.5. The fourth-order valence-electron chi connectivity index (χ4n) is 2.04. The zero-order valence-corrected chi connectivity index (χ0v) is 16.9. The number of carbonyl (C=O) groups is 2. The molecule has 164 valence electrons. The van der Waals surface area contributed by atoms with Gasteiger partial charge in [-0.15, -0.1) is 0 Å². The number of rotatable bonds is 11. The Morgan fingerprint density at radius 2 is 1.83 bits per heavy atom. The second-order valence-electron chi connectivity index (χ2n) is 5.88. The number of ether oxygens (including phenoxy) is 2. The lowest BCUT2D eigenvalue weighted by Crippen LogP contribution is -2.37. The van der Waals surface area contributed by atoms with E-state index in [4.69, 9.17) is 9.47 Å². The van der Waals surface area contributed by atoms with E-state index in [2.05, 4.69) is 14.9 Å². The molecule has 29 heavy (non-hydrogen) atoms. The molecule has 1 aromatic carbocycles. The van der Waals surface area contributed by atoms with Crippen LogP contribution >= 0.6 is 7.52 Å². The second kappa shape index (κ2) is 11.8. The van der Waals surface area contributed by atoms with Gasteiger partial charge in [-0.25, -0.2) is 9.88 Å². The van der Waals surface area contributed by atoms with Crippen LogP contribution in [0.1, 0.15) is 19.4 Å². The summed E-state index contributed by atoms with van der Waals surface area (Å²) in [4.78, 5) is 23.3. The Hall–Kier alpha value is -2.10. The molecule has 2 N–H and O–H groups in total. The van der Waals surface area contributed by atoms with Crippen molar-refractivity contribution in [1.82, 2.24) is 10.4 Å². The zero-order valence-electron chi connectivity index (χ0n) is 16.0. The SMILES string of the molecule is CCOC(=O)[C@H](C)NP(=O)(CCNC(=O)OCc1ccccc1)OCC(F)(F)F. The lowest BCUT2D eigenvalue weighted by atomic mass is 10.2. The number of benzene rings is 1. The van der Waals surface area contributed by atoms with Crippen molar-refractivity contribution in [3.63, 3.8) is 0 Å². The summed E-state index contributed by atoms with van der Waals surface area (Å²) >= 11 is 0. The molecule has 1 rings (SSSR count). The first-order chi connectivity index (χ1) is 13.5. The molecule has 1 amide bonds. The molecule has 0 aliphatic rings. The Balaban J connectivity index is 2.57. The minimum atomic E-state index is -4.72. The Kier molecular flexibility index (Phi) is 10.1. The van der Waals surface area contributed by atoms with Gasteiger partial charge in [-0.2, -0.15) is 13.2 Å². The minimum Gasteiger partial charge on any atom is -0.465 e. The molecule has 0 bridgehead atoms. The highest BCUT2D eigenvalue weighted by Crippen LogP contribution is 2.43. The van der Waals surface area contributed by atoms with E-state index in [1.807, 2.05) is 0 Å². The van der Waals surface area contributed by atoms with Gasteiger partial charge in [0.1, 0.15) is 12.6 Å². The summed E-state index contributed by atoms with van der Waals surface area (Å²) in [5.74, 6) is -0.793. The van der Waals surface area contributed by atoms with Crippen LogP contribution in [0.3, 0.4) is 0 Å². The monoisotopic (exact) mass is 440 g/mol. The predicted octanol–water partition coefficient (Wildman–Crippen LogP) is 3.23. The standard InChI is InChI=1S/C17H24F3N2O6P/c1-3-26-15(23)13(2)22-29(25,28-12-17(18,19)20)10-9-21-16(24)27-11-14-7-5-4-6-8-14/h4-8,13H,3,9-12H2,1-2H3,(H,21,24)(H,22,25)/t13-,29?/m0/s1. The molecule has 0 heterocycles. The van der Waals surface area contributed by atoms with Gasteiger partial charge < -0.3 is 19.3 Å². The molecule has 2 atom stereocenters. The van der Waals surface area contributed by atoms with Gasteiger partial charge in [-0.05, 0) is 19.4 Å². The van der Waals surface area contributed by atoms with E-state index in [9.17, 15) is 27.3 Å². The van der Waals surface area contributed by atoms with E-state index in [0.717, 1.165) is 5.56 Å². The summed E-state index contributed by atoms with van der Waals surface area (Å²) in [6.45, 7) is 0.801. The number of hydrogen-bond donors (Lipinski definition) is 2. The number of amides is 1. The van der Waals surface area contributed by atoms with Crippen LogP contribution in [0.5, 0.6) is 0 Å². The maximum absolute atomic E-state index is 12.7. The summed E-state index contributed by atoms with van der Waals surface area (Å²) in [6, 6.07) is 7.65. The van der Waals surface area contributed by atoms with Gasteiger partial charge in [-0.1, -0.05) is 30.3 Å². The van der Waals surface area contributed by atoms with Crippen molar-refractivity contribution in [2.45, 2.75) is 32.7 Å². The van der Waals surface area contributed by atoms with E-state index in [1.54, 1.807) is 37.3 Å².